The van der Waals surface area contributed by atoms with Gasteiger partial charge in [0.2, 0.25) is 11.8 Å². The SMILES string of the molecule is Cc1ccc(COc2ccc(Cl)cc2[C@H]2c3sc(=O)[nH]c3SC3C4CC(C5C(=O)N(CCCCCC(=O)O)C(=O)C45)C32)cc1. The van der Waals surface area contributed by atoms with Crippen molar-refractivity contribution in [3.05, 3.63) is 78.7 Å². The second-order valence-corrected chi connectivity index (χ2v) is 15.1. The molecule has 44 heavy (non-hydrogen) atoms. The molecular weight excluding hydrogens is 620 g/mol. The molecule has 2 aliphatic heterocycles. The number of benzene rings is 2. The third kappa shape index (κ3) is 5.08. The Hall–Kier alpha value is -3.08. The number of aryl methyl sites for hydroxylation is 1. The number of aromatic nitrogens is 1. The summed E-state index contributed by atoms with van der Waals surface area (Å²) in [4.78, 5) is 56.4. The summed E-state index contributed by atoms with van der Waals surface area (Å²) in [6, 6.07) is 13.8. The number of carboxylic acids is 1. The van der Waals surface area contributed by atoms with Gasteiger partial charge in [-0.25, -0.2) is 0 Å². The highest BCUT2D eigenvalue weighted by molar-refractivity contribution is 8.00. The number of nitrogens with one attached hydrogen (secondary N) is 1. The van der Waals surface area contributed by atoms with Crippen LogP contribution in [-0.4, -0.2) is 44.6 Å². The number of fused-ring (bicyclic) bond motifs is 9. The molecule has 3 heterocycles. The fourth-order valence-corrected chi connectivity index (χ4v) is 11.2. The lowest BCUT2D eigenvalue weighted by Gasteiger charge is -2.43. The van der Waals surface area contributed by atoms with Gasteiger partial charge >= 0.3 is 10.8 Å². The first-order valence-electron chi connectivity index (χ1n) is 15.2. The molecular formula is C33H33ClN2O6S2. The van der Waals surface area contributed by atoms with Gasteiger partial charge in [0.05, 0.1) is 16.9 Å². The van der Waals surface area contributed by atoms with E-state index >= 15 is 0 Å². The summed E-state index contributed by atoms with van der Waals surface area (Å²) >= 11 is 9.46. The first-order chi connectivity index (χ1) is 21.2. The quantitative estimate of drug-likeness (QED) is 0.201. The summed E-state index contributed by atoms with van der Waals surface area (Å²) in [7, 11) is 0. The number of hydrogen-bond donors (Lipinski definition) is 2. The second kappa shape index (κ2) is 11.7. The number of carbonyl (C=O) groups is 3. The number of unbranched alkanes of at least 4 members (excludes halogenated alkanes) is 2. The van der Waals surface area contributed by atoms with Crippen molar-refractivity contribution in [2.75, 3.05) is 6.54 Å². The van der Waals surface area contributed by atoms with Crippen LogP contribution in [0.15, 0.2) is 52.3 Å². The van der Waals surface area contributed by atoms with Crippen molar-refractivity contribution in [3.8, 4) is 5.75 Å². The molecule has 4 aliphatic rings. The molecule has 230 valence electrons. The Morgan fingerprint density at radius 2 is 1.80 bits per heavy atom. The number of amides is 2. The number of carbonyl (C=O) groups excluding carboxylic acids is 2. The predicted octanol–water partition coefficient (Wildman–Crippen LogP) is 6.10. The summed E-state index contributed by atoms with van der Waals surface area (Å²) in [5.41, 5.74) is 3.13. The van der Waals surface area contributed by atoms with Crippen LogP contribution in [0.2, 0.25) is 5.02 Å². The van der Waals surface area contributed by atoms with E-state index in [0.29, 0.717) is 43.2 Å². The largest absolute Gasteiger partial charge is 0.489 e. The number of imide groups is 1. The van der Waals surface area contributed by atoms with E-state index in [9.17, 15) is 19.2 Å². The van der Waals surface area contributed by atoms with E-state index in [1.54, 1.807) is 11.8 Å². The minimum absolute atomic E-state index is 0.00440. The van der Waals surface area contributed by atoms with E-state index in [-0.39, 0.29) is 63.9 Å². The van der Waals surface area contributed by atoms with E-state index in [1.807, 2.05) is 37.3 Å². The third-order valence-electron chi connectivity index (χ3n) is 9.91. The zero-order chi connectivity index (χ0) is 30.7. The molecule has 3 fully saturated rings. The molecule has 7 rings (SSSR count). The van der Waals surface area contributed by atoms with Crippen LogP contribution in [0.25, 0.3) is 0 Å². The summed E-state index contributed by atoms with van der Waals surface area (Å²) in [6.45, 7) is 2.76. The maximum Gasteiger partial charge on any atom is 0.305 e. The van der Waals surface area contributed by atoms with E-state index < -0.39 is 5.97 Å². The molecule has 1 saturated heterocycles. The highest BCUT2D eigenvalue weighted by atomic mass is 35.5. The molecule has 7 atom stereocenters. The van der Waals surface area contributed by atoms with Crippen molar-refractivity contribution in [3.63, 3.8) is 0 Å². The Balaban J connectivity index is 1.20. The van der Waals surface area contributed by atoms with Gasteiger partial charge < -0.3 is 14.8 Å². The lowest BCUT2D eigenvalue weighted by atomic mass is 9.68. The minimum Gasteiger partial charge on any atom is -0.489 e. The van der Waals surface area contributed by atoms with E-state index in [4.69, 9.17) is 21.4 Å². The predicted molar refractivity (Wildman–Crippen MR) is 168 cm³/mol. The number of hydrogen-bond acceptors (Lipinski definition) is 7. The molecule has 8 nitrogen and oxygen atoms in total. The Morgan fingerprint density at radius 3 is 2.55 bits per heavy atom. The molecule has 2 N–H and O–H groups in total. The van der Waals surface area contributed by atoms with E-state index in [0.717, 1.165) is 27.5 Å². The van der Waals surface area contributed by atoms with Gasteiger partial charge in [-0.2, -0.15) is 0 Å². The monoisotopic (exact) mass is 652 g/mol. The standard InChI is InChI=1S/C33H33ClN2O6S2/c1-16-6-8-17(9-7-16)15-42-22-11-10-18(34)13-19(22)24-25-20-14-21(28(25)43-30-29(24)44-33(41)35-30)27-26(20)31(39)36(32(27)40)12-4-2-3-5-23(37)38/h6-11,13,20-21,24-28H,2-5,12,14-15H2,1H3,(H,35,41)(H,37,38)/t20?,21?,24-,25?,26?,27?,28?/m1/s1. The van der Waals surface area contributed by atoms with Crippen molar-refractivity contribution in [2.45, 2.75) is 61.8 Å². The fraction of sp³-hybridized carbons (Fsp3) is 0.455. The second-order valence-electron chi connectivity index (χ2n) is 12.4. The molecule has 2 aromatic carbocycles. The smallest absolute Gasteiger partial charge is 0.305 e. The molecule has 1 aromatic heterocycles. The normalized spacial score (nSPS) is 28.2. The van der Waals surface area contributed by atoms with Crippen molar-refractivity contribution >= 4 is 52.5 Å². The van der Waals surface area contributed by atoms with Crippen molar-refractivity contribution < 1.29 is 24.2 Å². The fourth-order valence-electron chi connectivity index (χ4n) is 8.11. The van der Waals surface area contributed by atoms with E-state index in [1.165, 1.54) is 21.8 Å². The van der Waals surface area contributed by atoms with Gasteiger partial charge in [-0.1, -0.05) is 59.2 Å². The number of aliphatic carboxylic acids is 1. The number of nitrogens with zero attached hydrogens (tertiary/aromatic N) is 1. The third-order valence-corrected chi connectivity index (χ3v) is 12.7. The zero-order valence-electron chi connectivity index (χ0n) is 24.2. The van der Waals surface area contributed by atoms with Crippen LogP contribution in [0.4, 0.5) is 0 Å². The number of rotatable bonds is 10. The van der Waals surface area contributed by atoms with Crippen LogP contribution in [0.1, 0.15) is 59.6 Å². The van der Waals surface area contributed by atoms with Crippen LogP contribution < -0.4 is 9.61 Å². The van der Waals surface area contributed by atoms with Gasteiger partial charge in [-0.05, 0) is 67.7 Å². The molecule has 2 saturated carbocycles. The van der Waals surface area contributed by atoms with Crippen LogP contribution in [0.5, 0.6) is 5.75 Å². The maximum absolute atomic E-state index is 13.8. The van der Waals surface area contributed by atoms with E-state index in [2.05, 4.69) is 17.1 Å². The summed E-state index contributed by atoms with van der Waals surface area (Å²) in [6.07, 6.45) is 2.68. The van der Waals surface area contributed by atoms with Gasteiger partial charge in [-0.3, -0.25) is 24.1 Å². The van der Waals surface area contributed by atoms with Crippen molar-refractivity contribution in [2.24, 2.45) is 29.6 Å². The van der Waals surface area contributed by atoms with Gasteiger partial charge in [0.25, 0.3) is 0 Å². The Labute approximate surface area is 268 Å². The summed E-state index contributed by atoms with van der Waals surface area (Å²) in [5, 5.41) is 10.4. The lowest BCUT2D eigenvalue weighted by molar-refractivity contribution is -0.141. The van der Waals surface area contributed by atoms with Crippen LogP contribution in [0, 0.1) is 36.5 Å². The summed E-state index contributed by atoms with van der Waals surface area (Å²) in [5.74, 6) is -1.16. The number of halogens is 1. The number of thioether (sulfide) groups is 1. The van der Waals surface area contributed by atoms with Crippen LogP contribution in [0.3, 0.4) is 0 Å². The summed E-state index contributed by atoms with van der Waals surface area (Å²) < 4.78 is 6.43. The van der Waals surface area contributed by atoms with Gasteiger partial charge in [0.1, 0.15) is 12.4 Å². The molecule has 2 aliphatic carbocycles. The van der Waals surface area contributed by atoms with Gasteiger partial charge in [-0.15, -0.1) is 11.8 Å². The first-order valence-corrected chi connectivity index (χ1v) is 17.2. The van der Waals surface area contributed by atoms with Gasteiger partial charge in [0.15, 0.2) is 0 Å². The Morgan fingerprint density at radius 1 is 1.05 bits per heavy atom. The van der Waals surface area contributed by atoms with Crippen molar-refractivity contribution in [1.82, 2.24) is 9.88 Å². The van der Waals surface area contributed by atoms with Crippen LogP contribution in [-0.2, 0) is 21.0 Å². The van der Waals surface area contributed by atoms with Gasteiger partial charge in [0, 0.05) is 39.6 Å². The maximum atomic E-state index is 13.8. The Bertz CT molecular complexity index is 1690. The molecule has 3 aromatic rings. The molecule has 2 amide bonds. The lowest BCUT2D eigenvalue weighted by Crippen LogP contribution is -2.42. The number of likely N-dealkylation sites (tertiary alicyclic amines) is 1. The zero-order valence-corrected chi connectivity index (χ0v) is 26.6. The topological polar surface area (TPSA) is 117 Å². The molecule has 6 unspecified atom stereocenters. The minimum atomic E-state index is -0.836. The number of ether oxygens (including phenoxy) is 1. The number of H-pyrrole nitrogens is 1. The highest BCUT2D eigenvalue weighted by Gasteiger charge is 2.69. The number of carboxylic acid groups (broad SMARTS) is 1. The van der Waals surface area contributed by atoms with Crippen LogP contribution >= 0.6 is 34.7 Å². The highest BCUT2D eigenvalue weighted by Crippen LogP contribution is 2.69. The molecule has 11 heteroatoms. The number of thiazole rings is 1. The molecule has 0 spiro atoms. The molecule has 0 radical (unpaired) electrons. The average Bonchev–Trinajstić information content (AvgIpc) is 3.72. The first kappa shape index (κ1) is 29.6. The van der Waals surface area contributed by atoms with Crippen molar-refractivity contribution in [1.29, 1.82) is 0 Å². The Kier molecular flexibility index (Phi) is 7.87. The number of aromatic amines is 1. The molecule has 2 bridgehead atoms. The average molecular weight is 653 g/mol.